The van der Waals surface area contributed by atoms with Crippen molar-refractivity contribution in [1.82, 2.24) is 5.32 Å². The molecule has 0 aliphatic heterocycles. The molecule has 1 aromatic carbocycles. The Kier molecular flexibility index (Phi) is 4.13. The van der Waals surface area contributed by atoms with Crippen LogP contribution < -0.4 is 5.32 Å². The highest BCUT2D eigenvalue weighted by atomic mass is 16.3. The highest BCUT2D eigenvalue weighted by molar-refractivity contribution is 5.32. The van der Waals surface area contributed by atoms with Crippen LogP contribution in [0.5, 0.6) is 0 Å². The molecule has 0 radical (unpaired) electrons. The number of fused-ring (bicyclic) bond motifs is 1. The van der Waals surface area contributed by atoms with E-state index in [2.05, 4.69) is 36.5 Å². The average Bonchev–Trinajstić information content (AvgIpc) is 2.45. The minimum atomic E-state index is -0.482. The molecule has 0 bridgehead atoms. The Morgan fingerprint density at radius 1 is 1.25 bits per heavy atom. The number of hydrogen-bond donors (Lipinski definition) is 2. The van der Waals surface area contributed by atoms with Gasteiger partial charge in [0.05, 0.1) is 5.60 Å². The SMILES string of the molecule is CC1CCCC(O)(CNC2CCCc3ccccc32)C1. The number of benzene rings is 1. The molecule has 20 heavy (non-hydrogen) atoms. The van der Waals surface area contributed by atoms with E-state index in [9.17, 15) is 5.11 Å². The summed E-state index contributed by atoms with van der Waals surface area (Å²) in [7, 11) is 0. The second kappa shape index (κ2) is 5.87. The fourth-order valence-electron chi connectivity index (χ4n) is 4.07. The Morgan fingerprint density at radius 3 is 2.95 bits per heavy atom. The van der Waals surface area contributed by atoms with Crippen LogP contribution >= 0.6 is 0 Å². The predicted molar refractivity (Wildman–Crippen MR) is 82.7 cm³/mol. The summed E-state index contributed by atoms with van der Waals surface area (Å²) in [5.41, 5.74) is 2.45. The van der Waals surface area contributed by atoms with Gasteiger partial charge < -0.3 is 10.4 Å². The van der Waals surface area contributed by atoms with Crippen LogP contribution in [0.3, 0.4) is 0 Å². The van der Waals surface area contributed by atoms with E-state index >= 15 is 0 Å². The molecule has 1 saturated carbocycles. The molecule has 2 N–H and O–H groups in total. The molecule has 3 atom stereocenters. The zero-order chi connectivity index (χ0) is 14.0. The summed E-state index contributed by atoms with van der Waals surface area (Å²) < 4.78 is 0. The summed E-state index contributed by atoms with van der Waals surface area (Å²) >= 11 is 0. The number of nitrogens with one attached hydrogen (secondary N) is 1. The van der Waals surface area contributed by atoms with E-state index in [-0.39, 0.29) is 0 Å². The molecular formula is C18H27NO. The van der Waals surface area contributed by atoms with Crippen molar-refractivity contribution in [2.24, 2.45) is 5.92 Å². The van der Waals surface area contributed by atoms with Crippen molar-refractivity contribution in [3.05, 3.63) is 35.4 Å². The van der Waals surface area contributed by atoms with E-state index in [0.29, 0.717) is 12.0 Å². The highest BCUT2D eigenvalue weighted by Gasteiger charge is 2.33. The largest absolute Gasteiger partial charge is 0.389 e. The lowest BCUT2D eigenvalue weighted by atomic mass is 9.78. The van der Waals surface area contributed by atoms with Crippen LogP contribution in [0.25, 0.3) is 0 Å². The Morgan fingerprint density at radius 2 is 2.10 bits per heavy atom. The molecule has 3 unspecified atom stereocenters. The van der Waals surface area contributed by atoms with Gasteiger partial charge >= 0.3 is 0 Å². The lowest BCUT2D eigenvalue weighted by Crippen LogP contribution is -2.45. The third kappa shape index (κ3) is 3.07. The smallest absolute Gasteiger partial charge is 0.0774 e. The van der Waals surface area contributed by atoms with Gasteiger partial charge in [0.25, 0.3) is 0 Å². The molecule has 3 rings (SSSR count). The third-order valence-corrected chi connectivity index (χ3v) is 5.11. The van der Waals surface area contributed by atoms with E-state index in [0.717, 1.165) is 19.4 Å². The van der Waals surface area contributed by atoms with Gasteiger partial charge in [-0.05, 0) is 49.1 Å². The predicted octanol–water partition coefficient (Wildman–Crippen LogP) is 3.59. The summed E-state index contributed by atoms with van der Waals surface area (Å²) in [5, 5.41) is 14.4. The van der Waals surface area contributed by atoms with Crippen LogP contribution in [0.2, 0.25) is 0 Å². The minimum Gasteiger partial charge on any atom is -0.389 e. The first-order valence-corrected chi connectivity index (χ1v) is 8.20. The summed E-state index contributed by atoms with van der Waals surface area (Å²) in [6.07, 6.45) is 8.00. The summed E-state index contributed by atoms with van der Waals surface area (Å²) in [6, 6.07) is 9.20. The highest BCUT2D eigenvalue weighted by Crippen LogP contribution is 2.34. The van der Waals surface area contributed by atoms with Crippen molar-refractivity contribution in [2.45, 2.75) is 63.5 Å². The lowest BCUT2D eigenvalue weighted by Gasteiger charge is -2.37. The van der Waals surface area contributed by atoms with Gasteiger partial charge in [-0.3, -0.25) is 0 Å². The Hall–Kier alpha value is -0.860. The second-order valence-electron chi connectivity index (χ2n) is 6.95. The lowest BCUT2D eigenvalue weighted by molar-refractivity contribution is -0.0141. The molecule has 2 nitrogen and oxygen atoms in total. The first-order valence-electron chi connectivity index (χ1n) is 8.20. The van der Waals surface area contributed by atoms with Crippen LogP contribution in [-0.4, -0.2) is 17.3 Å². The average molecular weight is 273 g/mol. The molecule has 1 aromatic rings. The fourth-order valence-corrected chi connectivity index (χ4v) is 4.07. The van der Waals surface area contributed by atoms with Gasteiger partial charge in [0.2, 0.25) is 0 Å². The van der Waals surface area contributed by atoms with Gasteiger partial charge in [0.1, 0.15) is 0 Å². The standard InChI is InChI=1S/C18H27NO/c1-14-6-5-11-18(20,12-14)13-19-17-10-4-8-15-7-2-3-9-16(15)17/h2-3,7,9,14,17,19-20H,4-6,8,10-13H2,1H3. The van der Waals surface area contributed by atoms with Gasteiger partial charge in [-0.2, -0.15) is 0 Å². The van der Waals surface area contributed by atoms with E-state index in [1.807, 2.05) is 0 Å². The van der Waals surface area contributed by atoms with Gasteiger partial charge in [-0.15, -0.1) is 0 Å². The van der Waals surface area contributed by atoms with Crippen LogP contribution in [0.4, 0.5) is 0 Å². The van der Waals surface area contributed by atoms with Crippen LogP contribution in [0.15, 0.2) is 24.3 Å². The molecule has 0 heterocycles. The number of aliphatic hydroxyl groups is 1. The maximum Gasteiger partial charge on any atom is 0.0774 e. The topological polar surface area (TPSA) is 32.3 Å². The zero-order valence-corrected chi connectivity index (χ0v) is 12.6. The second-order valence-corrected chi connectivity index (χ2v) is 6.95. The Bertz CT molecular complexity index is 458. The van der Waals surface area contributed by atoms with Gasteiger partial charge in [-0.25, -0.2) is 0 Å². The van der Waals surface area contributed by atoms with E-state index < -0.39 is 5.60 Å². The van der Waals surface area contributed by atoms with E-state index in [4.69, 9.17) is 0 Å². The van der Waals surface area contributed by atoms with Crippen molar-refractivity contribution < 1.29 is 5.11 Å². The first kappa shape index (κ1) is 14.1. The molecule has 110 valence electrons. The molecule has 2 aliphatic carbocycles. The molecular weight excluding hydrogens is 246 g/mol. The maximum absolute atomic E-state index is 10.8. The fraction of sp³-hybridized carbons (Fsp3) is 0.667. The maximum atomic E-state index is 10.8. The van der Waals surface area contributed by atoms with Gasteiger partial charge in [-0.1, -0.05) is 44.0 Å². The molecule has 0 saturated heterocycles. The summed E-state index contributed by atoms with van der Waals surface area (Å²) in [5.74, 6) is 0.661. The summed E-state index contributed by atoms with van der Waals surface area (Å²) in [6.45, 7) is 3.01. The molecule has 0 spiro atoms. The summed E-state index contributed by atoms with van der Waals surface area (Å²) in [4.78, 5) is 0. The monoisotopic (exact) mass is 273 g/mol. The van der Waals surface area contributed by atoms with Crippen LogP contribution in [0.1, 0.15) is 62.6 Å². The van der Waals surface area contributed by atoms with Gasteiger partial charge in [0.15, 0.2) is 0 Å². The van der Waals surface area contributed by atoms with Gasteiger partial charge in [0, 0.05) is 12.6 Å². The van der Waals surface area contributed by atoms with Crippen LogP contribution in [0, 0.1) is 5.92 Å². The van der Waals surface area contributed by atoms with Crippen molar-refractivity contribution in [2.75, 3.05) is 6.54 Å². The van der Waals surface area contributed by atoms with Crippen molar-refractivity contribution in [3.8, 4) is 0 Å². The number of aryl methyl sites for hydroxylation is 1. The van der Waals surface area contributed by atoms with E-state index in [1.165, 1.54) is 43.2 Å². The van der Waals surface area contributed by atoms with Crippen molar-refractivity contribution >= 4 is 0 Å². The normalized spacial score (nSPS) is 33.7. The van der Waals surface area contributed by atoms with E-state index in [1.54, 1.807) is 0 Å². The van der Waals surface area contributed by atoms with Crippen LogP contribution in [-0.2, 0) is 6.42 Å². The molecule has 1 fully saturated rings. The first-order chi connectivity index (χ1) is 9.66. The molecule has 2 heteroatoms. The number of rotatable bonds is 3. The van der Waals surface area contributed by atoms with Crippen molar-refractivity contribution in [3.63, 3.8) is 0 Å². The molecule has 0 amide bonds. The third-order valence-electron chi connectivity index (χ3n) is 5.11. The molecule has 0 aromatic heterocycles. The number of hydrogen-bond acceptors (Lipinski definition) is 2. The zero-order valence-electron chi connectivity index (χ0n) is 12.6. The Balaban J connectivity index is 1.64. The Labute approximate surface area is 122 Å². The minimum absolute atomic E-state index is 0.432. The quantitative estimate of drug-likeness (QED) is 0.882. The molecule has 2 aliphatic rings. The van der Waals surface area contributed by atoms with Crippen molar-refractivity contribution in [1.29, 1.82) is 0 Å².